The number of rotatable bonds is 5. The van der Waals surface area contributed by atoms with Crippen LogP contribution in [-0.4, -0.2) is 54.7 Å². The molecule has 3 rings (SSSR count). The fraction of sp³-hybridized carbons (Fsp3) is 0.421. The van der Waals surface area contributed by atoms with Gasteiger partial charge in [-0.25, -0.2) is 14.8 Å². The van der Waals surface area contributed by atoms with Crippen LogP contribution in [0, 0.1) is 5.92 Å². The third-order valence-corrected chi connectivity index (χ3v) is 5.08. The minimum Gasteiger partial charge on any atom is -0.478 e. The number of carbonyl (C=O) groups is 1. The SMILES string of the molecule is COc1nccnc1N(C)CC1CCN(C(=O)Nc2ccccc2Cl)CC1. The summed E-state index contributed by atoms with van der Waals surface area (Å²) in [5, 5.41) is 3.43. The van der Waals surface area contributed by atoms with Gasteiger partial charge >= 0.3 is 6.03 Å². The fourth-order valence-electron chi connectivity index (χ4n) is 3.27. The van der Waals surface area contributed by atoms with Crippen molar-refractivity contribution in [3.05, 3.63) is 41.7 Å². The monoisotopic (exact) mass is 389 g/mol. The Morgan fingerprint density at radius 2 is 2.00 bits per heavy atom. The maximum Gasteiger partial charge on any atom is 0.321 e. The molecule has 27 heavy (non-hydrogen) atoms. The zero-order valence-corrected chi connectivity index (χ0v) is 16.3. The molecule has 1 aliphatic heterocycles. The number of anilines is 2. The summed E-state index contributed by atoms with van der Waals surface area (Å²) in [6, 6.07) is 7.15. The van der Waals surface area contributed by atoms with Crippen LogP contribution in [0.25, 0.3) is 0 Å². The van der Waals surface area contributed by atoms with Crippen LogP contribution in [0.4, 0.5) is 16.3 Å². The van der Waals surface area contributed by atoms with Gasteiger partial charge in [0.05, 0.1) is 17.8 Å². The molecule has 2 amide bonds. The van der Waals surface area contributed by atoms with Crippen molar-refractivity contribution < 1.29 is 9.53 Å². The Hall–Kier alpha value is -2.54. The highest BCUT2D eigenvalue weighted by molar-refractivity contribution is 6.33. The second kappa shape index (κ2) is 8.90. The van der Waals surface area contributed by atoms with Gasteiger partial charge in [0.15, 0.2) is 5.82 Å². The molecular formula is C19H24ClN5O2. The van der Waals surface area contributed by atoms with E-state index >= 15 is 0 Å². The van der Waals surface area contributed by atoms with Gasteiger partial charge < -0.3 is 19.9 Å². The van der Waals surface area contributed by atoms with Crippen molar-refractivity contribution in [2.75, 3.05) is 44.0 Å². The summed E-state index contributed by atoms with van der Waals surface area (Å²) in [6.07, 6.45) is 5.15. The van der Waals surface area contributed by atoms with E-state index in [2.05, 4.69) is 20.2 Å². The van der Waals surface area contributed by atoms with Crippen LogP contribution in [0.2, 0.25) is 5.02 Å². The van der Waals surface area contributed by atoms with Crippen molar-refractivity contribution in [3.63, 3.8) is 0 Å². The quantitative estimate of drug-likeness (QED) is 0.847. The Bertz CT molecular complexity index is 780. The van der Waals surface area contributed by atoms with Crippen molar-refractivity contribution in [1.29, 1.82) is 0 Å². The number of urea groups is 1. The molecular weight excluding hydrogens is 366 g/mol. The van der Waals surface area contributed by atoms with Gasteiger partial charge in [0.1, 0.15) is 0 Å². The number of para-hydroxylation sites is 1. The van der Waals surface area contributed by atoms with Gasteiger partial charge in [-0.1, -0.05) is 23.7 Å². The number of aromatic nitrogens is 2. The summed E-state index contributed by atoms with van der Waals surface area (Å²) in [5.74, 6) is 1.74. The van der Waals surface area contributed by atoms with Gasteiger partial charge in [-0.2, -0.15) is 0 Å². The number of ether oxygens (including phenoxy) is 1. The molecule has 0 saturated carbocycles. The molecule has 7 nitrogen and oxygen atoms in total. The van der Waals surface area contributed by atoms with Gasteiger partial charge in [0.2, 0.25) is 0 Å². The summed E-state index contributed by atoms with van der Waals surface area (Å²) in [4.78, 5) is 24.9. The molecule has 1 fully saturated rings. The first-order chi connectivity index (χ1) is 13.1. The fourth-order valence-corrected chi connectivity index (χ4v) is 3.46. The largest absolute Gasteiger partial charge is 0.478 e. The summed E-state index contributed by atoms with van der Waals surface area (Å²) in [5.41, 5.74) is 0.640. The van der Waals surface area contributed by atoms with Crippen LogP contribution < -0.4 is 15.0 Å². The number of hydrogen-bond acceptors (Lipinski definition) is 5. The molecule has 1 aliphatic rings. The topological polar surface area (TPSA) is 70.6 Å². The molecule has 0 aliphatic carbocycles. The molecule has 1 aromatic heterocycles. The summed E-state index contributed by atoms with van der Waals surface area (Å²) in [7, 11) is 3.58. The molecule has 2 aromatic rings. The number of carbonyl (C=O) groups excluding carboxylic acids is 1. The van der Waals surface area contributed by atoms with Gasteiger partial charge in [-0.3, -0.25) is 0 Å². The molecule has 8 heteroatoms. The number of benzene rings is 1. The van der Waals surface area contributed by atoms with Crippen molar-refractivity contribution >= 4 is 29.1 Å². The number of halogens is 1. The van der Waals surface area contributed by atoms with Crippen LogP contribution in [0.15, 0.2) is 36.7 Å². The molecule has 0 radical (unpaired) electrons. The minimum absolute atomic E-state index is 0.106. The summed E-state index contributed by atoms with van der Waals surface area (Å²) >= 11 is 6.11. The zero-order valence-electron chi connectivity index (χ0n) is 15.6. The number of likely N-dealkylation sites (tertiary alicyclic amines) is 1. The lowest BCUT2D eigenvalue weighted by Crippen LogP contribution is -2.43. The third kappa shape index (κ3) is 4.80. The number of nitrogens with zero attached hydrogens (tertiary/aromatic N) is 4. The highest BCUT2D eigenvalue weighted by atomic mass is 35.5. The molecule has 0 spiro atoms. The minimum atomic E-state index is -0.106. The first kappa shape index (κ1) is 19.2. The van der Waals surface area contributed by atoms with Gasteiger partial charge in [0, 0.05) is 39.1 Å². The predicted molar refractivity (Wildman–Crippen MR) is 107 cm³/mol. The standard InChI is InChI=1S/C19H24ClN5O2/c1-24(17-18(27-2)22-10-9-21-17)13-14-7-11-25(12-8-14)19(26)23-16-6-4-3-5-15(16)20/h3-6,9-10,14H,7-8,11-13H2,1-2H3,(H,23,26). The smallest absolute Gasteiger partial charge is 0.321 e. The van der Waals surface area contributed by atoms with E-state index in [9.17, 15) is 4.79 Å². The molecule has 1 N–H and O–H groups in total. The number of piperidine rings is 1. The third-order valence-electron chi connectivity index (χ3n) is 4.75. The van der Waals surface area contributed by atoms with E-state index in [4.69, 9.17) is 16.3 Å². The summed E-state index contributed by atoms with van der Waals surface area (Å²) < 4.78 is 5.28. The predicted octanol–water partition coefficient (Wildman–Crippen LogP) is 3.52. The van der Waals surface area contributed by atoms with Crippen molar-refractivity contribution in [2.24, 2.45) is 5.92 Å². The van der Waals surface area contributed by atoms with Crippen LogP contribution in [-0.2, 0) is 0 Å². The normalized spacial score (nSPS) is 14.7. The number of hydrogen-bond donors (Lipinski definition) is 1. The first-order valence-corrected chi connectivity index (χ1v) is 9.33. The molecule has 0 unspecified atom stereocenters. The Balaban J connectivity index is 1.51. The molecule has 1 saturated heterocycles. The van der Waals surface area contributed by atoms with E-state index < -0.39 is 0 Å². The number of methoxy groups -OCH3 is 1. The lowest BCUT2D eigenvalue weighted by molar-refractivity contribution is 0.184. The van der Waals surface area contributed by atoms with Crippen molar-refractivity contribution in [3.8, 4) is 5.88 Å². The maximum atomic E-state index is 12.5. The Kier molecular flexibility index (Phi) is 6.34. The van der Waals surface area contributed by atoms with Crippen LogP contribution in [0.3, 0.4) is 0 Å². The first-order valence-electron chi connectivity index (χ1n) is 8.95. The Labute approximate surface area is 164 Å². The van der Waals surface area contributed by atoms with Crippen LogP contribution in [0.1, 0.15) is 12.8 Å². The lowest BCUT2D eigenvalue weighted by atomic mass is 9.96. The van der Waals surface area contributed by atoms with E-state index in [1.54, 1.807) is 31.6 Å². The van der Waals surface area contributed by atoms with E-state index in [1.807, 2.05) is 24.1 Å². The van der Waals surface area contributed by atoms with Crippen molar-refractivity contribution in [2.45, 2.75) is 12.8 Å². The van der Waals surface area contributed by atoms with E-state index in [-0.39, 0.29) is 6.03 Å². The van der Waals surface area contributed by atoms with E-state index in [0.29, 0.717) is 35.6 Å². The van der Waals surface area contributed by atoms with E-state index in [1.165, 1.54) is 0 Å². The molecule has 1 aromatic carbocycles. The van der Waals surface area contributed by atoms with E-state index in [0.717, 1.165) is 25.2 Å². The van der Waals surface area contributed by atoms with Gasteiger partial charge in [-0.05, 0) is 30.9 Å². The molecule has 0 bridgehead atoms. The average Bonchev–Trinajstić information content (AvgIpc) is 2.70. The highest BCUT2D eigenvalue weighted by Crippen LogP contribution is 2.26. The maximum absolute atomic E-state index is 12.5. The van der Waals surface area contributed by atoms with Crippen LogP contribution in [0.5, 0.6) is 5.88 Å². The lowest BCUT2D eigenvalue weighted by Gasteiger charge is -2.34. The molecule has 2 heterocycles. The molecule has 144 valence electrons. The highest BCUT2D eigenvalue weighted by Gasteiger charge is 2.25. The number of amides is 2. The second-order valence-corrected chi connectivity index (χ2v) is 7.02. The van der Waals surface area contributed by atoms with Crippen LogP contribution >= 0.6 is 11.6 Å². The number of nitrogens with one attached hydrogen (secondary N) is 1. The zero-order chi connectivity index (χ0) is 19.2. The summed E-state index contributed by atoms with van der Waals surface area (Å²) in [6.45, 7) is 2.27. The van der Waals surface area contributed by atoms with Gasteiger partial charge in [-0.15, -0.1) is 0 Å². The van der Waals surface area contributed by atoms with Crippen molar-refractivity contribution in [1.82, 2.24) is 14.9 Å². The second-order valence-electron chi connectivity index (χ2n) is 6.61. The Morgan fingerprint density at radius 3 is 2.70 bits per heavy atom. The Morgan fingerprint density at radius 1 is 1.30 bits per heavy atom. The molecule has 0 atom stereocenters. The van der Waals surface area contributed by atoms with Gasteiger partial charge in [0.25, 0.3) is 5.88 Å². The average molecular weight is 390 g/mol.